The second-order valence-electron chi connectivity index (χ2n) is 7.51. The predicted octanol–water partition coefficient (Wildman–Crippen LogP) is 3.25. The molecule has 1 aliphatic rings. The van der Waals surface area contributed by atoms with Gasteiger partial charge in [0.25, 0.3) is 0 Å². The van der Waals surface area contributed by atoms with Crippen LogP contribution in [0, 0.1) is 12.8 Å². The summed E-state index contributed by atoms with van der Waals surface area (Å²) < 4.78 is 11.1. The SMILES string of the molecule is CCNC(=NCC1CCN(CCOC)CC1)N(C)CCOc1ccccc1C.I. The van der Waals surface area contributed by atoms with Crippen LogP contribution in [0.15, 0.2) is 29.3 Å². The number of hydrogen-bond donors (Lipinski definition) is 1. The number of nitrogens with zero attached hydrogens (tertiary/aromatic N) is 3. The molecule has 1 saturated heterocycles. The summed E-state index contributed by atoms with van der Waals surface area (Å²) in [4.78, 5) is 9.55. The molecular formula is C22H39IN4O2. The van der Waals surface area contributed by atoms with E-state index in [1.165, 1.54) is 18.4 Å². The number of nitrogens with one attached hydrogen (secondary N) is 1. The number of guanidine groups is 1. The Morgan fingerprint density at radius 2 is 1.97 bits per heavy atom. The molecule has 0 spiro atoms. The molecule has 1 aromatic carbocycles. The average Bonchev–Trinajstić information content (AvgIpc) is 2.71. The lowest BCUT2D eigenvalue weighted by atomic mass is 9.97. The summed E-state index contributed by atoms with van der Waals surface area (Å²) in [5.41, 5.74) is 1.17. The fourth-order valence-electron chi connectivity index (χ4n) is 3.42. The normalized spacial score (nSPS) is 15.7. The van der Waals surface area contributed by atoms with Gasteiger partial charge in [0, 0.05) is 33.8 Å². The number of halogens is 1. The van der Waals surface area contributed by atoms with Crippen molar-refractivity contribution in [2.45, 2.75) is 26.7 Å². The standard InChI is InChI=1S/C22H38N4O2.HI/c1-5-23-22(24-18-20-10-12-26(13-11-20)15-16-27-4)25(3)14-17-28-21-9-7-6-8-19(21)2;/h6-9,20H,5,10-18H2,1-4H3,(H,23,24);1H. The van der Waals surface area contributed by atoms with E-state index in [0.717, 1.165) is 57.6 Å². The van der Waals surface area contributed by atoms with Crippen molar-refractivity contribution >= 4 is 29.9 Å². The molecule has 1 heterocycles. The molecule has 0 aromatic heterocycles. The molecule has 1 aromatic rings. The number of likely N-dealkylation sites (tertiary alicyclic amines) is 1. The van der Waals surface area contributed by atoms with Gasteiger partial charge in [0.05, 0.1) is 13.2 Å². The van der Waals surface area contributed by atoms with Gasteiger partial charge in [-0.1, -0.05) is 18.2 Å². The van der Waals surface area contributed by atoms with E-state index in [0.29, 0.717) is 12.5 Å². The molecule has 29 heavy (non-hydrogen) atoms. The van der Waals surface area contributed by atoms with Crippen LogP contribution < -0.4 is 10.1 Å². The van der Waals surface area contributed by atoms with Crippen LogP contribution in [0.4, 0.5) is 0 Å². The first-order chi connectivity index (χ1) is 13.6. The topological polar surface area (TPSA) is 49.3 Å². The maximum Gasteiger partial charge on any atom is 0.193 e. The summed E-state index contributed by atoms with van der Waals surface area (Å²) in [5, 5.41) is 3.41. The van der Waals surface area contributed by atoms with E-state index >= 15 is 0 Å². The summed E-state index contributed by atoms with van der Waals surface area (Å²) in [6.45, 7) is 11.6. The van der Waals surface area contributed by atoms with Crippen molar-refractivity contribution in [2.24, 2.45) is 10.9 Å². The monoisotopic (exact) mass is 518 g/mol. The first-order valence-electron chi connectivity index (χ1n) is 10.5. The zero-order chi connectivity index (χ0) is 20.2. The van der Waals surface area contributed by atoms with Gasteiger partial charge in [0.1, 0.15) is 12.4 Å². The van der Waals surface area contributed by atoms with Gasteiger partial charge < -0.3 is 24.6 Å². The Balaban J connectivity index is 0.00000420. The van der Waals surface area contributed by atoms with E-state index in [1.54, 1.807) is 7.11 Å². The molecule has 6 nitrogen and oxygen atoms in total. The van der Waals surface area contributed by atoms with Crippen LogP contribution in [0.1, 0.15) is 25.3 Å². The second kappa shape index (κ2) is 14.8. The van der Waals surface area contributed by atoms with Gasteiger partial charge >= 0.3 is 0 Å². The fourth-order valence-corrected chi connectivity index (χ4v) is 3.42. The van der Waals surface area contributed by atoms with Crippen LogP contribution in [0.5, 0.6) is 5.75 Å². The number of likely N-dealkylation sites (N-methyl/N-ethyl adjacent to an activating group) is 1. The molecule has 0 unspecified atom stereocenters. The van der Waals surface area contributed by atoms with Gasteiger partial charge in [-0.15, -0.1) is 24.0 Å². The third kappa shape index (κ3) is 9.53. The Kier molecular flexibility index (Phi) is 13.3. The molecule has 1 N–H and O–H groups in total. The molecule has 0 bridgehead atoms. The number of methoxy groups -OCH3 is 1. The highest BCUT2D eigenvalue weighted by Crippen LogP contribution is 2.18. The maximum atomic E-state index is 5.93. The van der Waals surface area contributed by atoms with Gasteiger partial charge in [-0.25, -0.2) is 0 Å². The minimum Gasteiger partial charge on any atom is -0.491 e. The number of piperidine rings is 1. The van der Waals surface area contributed by atoms with Crippen molar-refractivity contribution in [3.05, 3.63) is 29.8 Å². The van der Waals surface area contributed by atoms with Crippen molar-refractivity contribution in [3.63, 3.8) is 0 Å². The van der Waals surface area contributed by atoms with Gasteiger partial charge in [0.2, 0.25) is 0 Å². The van der Waals surface area contributed by atoms with Crippen LogP contribution in [0.25, 0.3) is 0 Å². The van der Waals surface area contributed by atoms with Crippen molar-refractivity contribution in [3.8, 4) is 5.75 Å². The van der Waals surface area contributed by atoms with Gasteiger partial charge in [-0.3, -0.25) is 4.99 Å². The van der Waals surface area contributed by atoms with Crippen LogP contribution >= 0.6 is 24.0 Å². The Labute approximate surface area is 194 Å². The summed E-state index contributed by atoms with van der Waals surface area (Å²) in [7, 11) is 3.85. The fraction of sp³-hybridized carbons (Fsp3) is 0.682. The van der Waals surface area contributed by atoms with Crippen LogP contribution in [-0.2, 0) is 4.74 Å². The minimum atomic E-state index is 0. The largest absolute Gasteiger partial charge is 0.491 e. The van der Waals surface area contributed by atoms with E-state index in [9.17, 15) is 0 Å². The third-order valence-electron chi connectivity index (χ3n) is 5.29. The van der Waals surface area contributed by atoms with E-state index in [-0.39, 0.29) is 24.0 Å². The van der Waals surface area contributed by atoms with Crippen molar-refractivity contribution in [2.75, 3.05) is 66.6 Å². The zero-order valence-corrected chi connectivity index (χ0v) is 20.9. The van der Waals surface area contributed by atoms with E-state index < -0.39 is 0 Å². The summed E-state index contributed by atoms with van der Waals surface area (Å²) in [5.74, 6) is 2.60. The van der Waals surface area contributed by atoms with Gasteiger partial charge in [-0.05, 0) is 57.3 Å². The number of aliphatic imine (C=N–C) groups is 1. The summed E-state index contributed by atoms with van der Waals surface area (Å²) >= 11 is 0. The first-order valence-corrected chi connectivity index (χ1v) is 10.5. The minimum absolute atomic E-state index is 0. The maximum absolute atomic E-state index is 5.93. The third-order valence-corrected chi connectivity index (χ3v) is 5.29. The van der Waals surface area contributed by atoms with Gasteiger partial charge in [0.15, 0.2) is 5.96 Å². The lowest BCUT2D eigenvalue weighted by molar-refractivity contribution is 0.121. The van der Waals surface area contributed by atoms with Crippen LogP contribution in [0.3, 0.4) is 0 Å². The lowest BCUT2D eigenvalue weighted by Crippen LogP contribution is -2.41. The first kappa shape index (κ1) is 26.0. The molecular weight excluding hydrogens is 479 g/mol. The number of hydrogen-bond acceptors (Lipinski definition) is 4. The van der Waals surface area contributed by atoms with Crippen LogP contribution in [0.2, 0.25) is 0 Å². The average molecular weight is 518 g/mol. The Hall–Kier alpha value is -1.06. The quantitative estimate of drug-likeness (QED) is 0.293. The number of rotatable bonds is 10. The van der Waals surface area contributed by atoms with Gasteiger partial charge in [-0.2, -0.15) is 0 Å². The molecule has 1 aliphatic heterocycles. The van der Waals surface area contributed by atoms with Crippen molar-refractivity contribution in [1.29, 1.82) is 0 Å². The molecule has 0 atom stereocenters. The smallest absolute Gasteiger partial charge is 0.193 e. The molecule has 0 saturated carbocycles. The van der Waals surface area contributed by atoms with Crippen molar-refractivity contribution < 1.29 is 9.47 Å². The van der Waals surface area contributed by atoms with E-state index in [2.05, 4.69) is 42.1 Å². The molecule has 1 fully saturated rings. The number of benzene rings is 1. The summed E-state index contributed by atoms with van der Waals surface area (Å²) in [6.07, 6.45) is 2.43. The highest BCUT2D eigenvalue weighted by atomic mass is 127. The van der Waals surface area contributed by atoms with Crippen LogP contribution in [-0.4, -0.2) is 82.4 Å². The van der Waals surface area contributed by atoms with E-state index in [4.69, 9.17) is 14.5 Å². The Morgan fingerprint density at radius 1 is 1.24 bits per heavy atom. The molecule has 2 rings (SSSR count). The number of ether oxygens (including phenoxy) is 2. The number of para-hydroxylation sites is 1. The Morgan fingerprint density at radius 3 is 2.62 bits per heavy atom. The van der Waals surface area contributed by atoms with E-state index in [1.807, 2.05) is 18.2 Å². The molecule has 0 radical (unpaired) electrons. The molecule has 7 heteroatoms. The highest BCUT2D eigenvalue weighted by molar-refractivity contribution is 14.0. The highest BCUT2D eigenvalue weighted by Gasteiger charge is 2.19. The summed E-state index contributed by atoms with van der Waals surface area (Å²) in [6, 6.07) is 8.14. The lowest BCUT2D eigenvalue weighted by Gasteiger charge is -2.31. The second-order valence-corrected chi connectivity index (χ2v) is 7.51. The molecule has 0 aliphatic carbocycles. The number of aryl methyl sites for hydroxylation is 1. The van der Waals surface area contributed by atoms with Crippen molar-refractivity contribution in [1.82, 2.24) is 15.1 Å². The predicted molar refractivity (Wildman–Crippen MR) is 132 cm³/mol. The molecule has 166 valence electrons. The molecule has 0 amide bonds. The zero-order valence-electron chi connectivity index (χ0n) is 18.5. The Bertz CT molecular complexity index is 592.